The molecule has 12 heteroatoms. The maximum absolute atomic E-state index is 10.6. The Labute approximate surface area is 259 Å². The largest absolute Gasteiger partial charge is 0.490 e. The monoisotopic (exact) mass is 619 g/mol. The number of pyridine rings is 1. The number of aromatic nitrogens is 3. The van der Waals surface area contributed by atoms with Gasteiger partial charge in [-0.3, -0.25) is 4.98 Å². The summed E-state index contributed by atoms with van der Waals surface area (Å²) >= 11 is 0. The number of para-hydroxylation sites is 1. The third-order valence-electron chi connectivity index (χ3n) is 8.27. The van der Waals surface area contributed by atoms with Crippen LogP contribution in [-0.2, 0) is 17.9 Å². The van der Waals surface area contributed by atoms with E-state index in [2.05, 4.69) is 73.2 Å². The molecule has 0 spiro atoms. The Hall–Kier alpha value is -4.47. The van der Waals surface area contributed by atoms with Gasteiger partial charge in [-0.1, -0.05) is 36.4 Å². The van der Waals surface area contributed by atoms with Crippen LogP contribution in [0, 0.1) is 11.3 Å². The van der Waals surface area contributed by atoms with Gasteiger partial charge >= 0.3 is 12.1 Å². The van der Waals surface area contributed by atoms with E-state index in [0.717, 1.165) is 61.2 Å². The van der Waals surface area contributed by atoms with Crippen LogP contribution in [0.5, 0.6) is 0 Å². The third-order valence-corrected chi connectivity index (χ3v) is 8.27. The first-order chi connectivity index (χ1) is 21.7. The number of piperidine rings is 1. The number of anilines is 1. The zero-order valence-electron chi connectivity index (χ0n) is 24.9. The third kappa shape index (κ3) is 7.98. The molecule has 0 bridgehead atoms. The van der Waals surface area contributed by atoms with Gasteiger partial charge in [0.15, 0.2) is 0 Å². The molecule has 2 aliphatic heterocycles. The number of nitrogens with zero attached hydrogens (tertiary/aromatic N) is 6. The van der Waals surface area contributed by atoms with Crippen molar-refractivity contribution in [2.75, 3.05) is 37.6 Å². The molecule has 4 heterocycles. The lowest BCUT2D eigenvalue weighted by atomic mass is 10.0. The molecule has 2 fully saturated rings. The summed E-state index contributed by atoms with van der Waals surface area (Å²) in [6.07, 6.45) is 3.46. The lowest BCUT2D eigenvalue weighted by Gasteiger charge is -2.37. The second-order valence-electron chi connectivity index (χ2n) is 11.2. The van der Waals surface area contributed by atoms with Crippen molar-refractivity contribution >= 4 is 22.7 Å². The number of halogens is 3. The minimum absolute atomic E-state index is 0.549. The van der Waals surface area contributed by atoms with Crippen LogP contribution in [0.25, 0.3) is 22.4 Å². The van der Waals surface area contributed by atoms with Crippen LogP contribution in [0.3, 0.4) is 0 Å². The Morgan fingerprint density at radius 2 is 1.73 bits per heavy atom. The summed E-state index contributed by atoms with van der Waals surface area (Å²) in [5, 5.41) is 20.2. The van der Waals surface area contributed by atoms with Gasteiger partial charge in [-0.05, 0) is 62.5 Å². The van der Waals surface area contributed by atoms with Crippen LogP contribution in [0.2, 0.25) is 0 Å². The van der Waals surface area contributed by atoms with Gasteiger partial charge in [0.25, 0.3) is 0 Å². The molecule has 2 saturated heterocycles. The number of benzene rings is 2. The summed E-state index contributed by atoms with van der Waals surface area (Å²) in [7, 11) is 0. The number of fused-ring (bicyclic) bond motifs is 1. The predicted octanol–water partition coefficient (Wildman–Crippen LogP) is 5.46. The standard InChI is InChI=1S/C31H35N7.C2HF3O2/c32-20-25-19-26(23-34-22-25)31-35-30-28(37-16-11-27(12-17-37)36-14-4-5-15-36)9-6-10-29(30)38(31)18-13-33-21-24-7-2-1-3-8-24;3-2(4,5)1(6)7/h1-3,6-10,19,22-23,27,33H,4-5,11-18,21H2;(H,6,7). The Morgan fingerprint density at radius 3 is 2.40 bits per heavy atom. The van der Waals surface area contributed by atoms with E-state index in [4.69, 9.17) is 14.9 Å². The first-order valence-electron chi connectivity index (χ1n) is 15.1. The molecule has 45 heavy (non-hydrogen) atoms. The van der Waals surface area contributed by atoms with Gasteiger partial charge in [-0.2, -0.15) is 18.4 Å². The van der Waals surface area contributed by atoms with Crippen molar-refractivity contribution in [3.8, 4) is 17.5 Å². The molecule has 236 valence electrons. The number of carboxylic acids is 1. The van der Waals surface area contributed by atoms with Crippen molar-refractivity contribution in [3.05, 3.63) is 78.1 Å². The van der Waals surface area contributed by atoms with Crippen molar-refractivity contribution < 1.29 is 23.1 Å². The van der Waals surface area contributed by atoms with E-state index >= 15 is 0 Å². The number of hydrogen-bond donors (Lipinski definition) is 2. The highest BCUT2D eigenvalue weighted by molar-refractivity contribution is 5.92. The van der Waals surface area contributed by atoms with E-state index in [1.807, 2.05) is 18.3 Å². The molecule has 0 radical (unpaired) electrons. The maximum Gasteiger partial charge on any atom is 0.490 e. The SMILES string of the molecule is N#Cc1cncc(-c2nc3c(N4CCC(N5CCCC5)CC4)cccc3n2CCNCc2ccccc2)c1.O=C(O)C(F)(F)F. The number of alkyl halides is 3. The Bertz CT molecular complexity index is 1620. The molecule has 2 aromatic carbocycles. The maximum atomic E-state index is 10.6. The molecule has 0 saturated carbocycles. The number of carboxylic acid groups (broad SMARTS) is 1. The second kappa shape index (κ2) is 14.5. The highest BCUT2D eigenvalue weighted by atomic mass is 19.4. The number of carbonyl (C=O) groups is 1. The summed E-state index contributed by atoms with van der Waals surface area (Å²) in [5.41, 5.74) is 6.07. The van der Waals surface area contributed by atoms with Crippen molar-refractivity contribution in [2.45, 2.75) is 51.0 Å². The summed E-state index contributed by atoms with van der Waals surface area (Å²) in [4.78, 5) is 23.6. The van der Waals surface area contributed by atoms with Crippen molar-refractivity contribution in [1.82, 2.24) is 24.8 Å². The van der Waals surface area contributed by atoms with Gasteiger partial charge in [0.05, 0.1) is 16.8 Å². The molecule has 4 aromatic rings. The van der Waals surface area contributed by atoms with Crippen LogP contribution >= 0.6 is 0 Å². The van der Waals surface area contributed by atoms with Crippen LogP contribution in [0.4, 0.5) is 18.9 Å². The molecule has 2 aliphatic rings. The lowest BCUT2D eigenvalue weighted by molar-refractivity contribution is -0.192. The van der Waals surface area contributed by atoms with Crippen molar-refractivity contribution in [3.63, 3.8) is 0 Å². The van der Waals surface area contributed by atoms with Crippen molar-refractivity contribution in [2.24, 2.45) is 0 Å². The first-order valence-corrected chi connectivity index (χ1v) is 15.1. The minimum Gasteiger partial charge on any atom is -0.475 e. The van der Waals surface area contributed by atoms with Gasteiger partial charge in [0.2, 0.25) is 0 Å². The Kier molecular flexibility index (Phi) is 10.3. The molecule has 0 unspecified atom stereocenters. The Balaban J connectivity index is 0.000000515. The molecule has 2 aromatic heterocycles. The molecule has 6 rings (SSSR count). The molecule has 2 N–H and O–H groups in total. The van der Waals surface area contributed by atoms with Crippen LogP contribution in [-0.4, -0.2) is 75.5 Å². The van der Waals surface area contributed by atoms with Gasteiger partial charge in [-0.25, -0.2) is 9.78 Å². The number of aliphatic carboxylic acids is 1. The van der Waals surface area contributed by atoms with Crippen LogP contribution in [0.15, 0.2) is 67.0 Å². The highest BCUT2D eigenvalue weighted by Gasteiger charge is 2.38. The fourth-order valence-corrected chi connectivity index (χ4v) is 6.06. The molecule has 0 aliphatic carbocycles. The Morgan fingerprint density at radius 1 is 1.02 bits per heavy atom. The fourth-order valence-electron chi connectivity index (χ4n) is 6.06. The number of nitriles is 1. The van der Waals surface area contributed by atoms with Gasteiger partial charge in [0.1, 0.15) is 17.4 Å². The van der Waals surface area contributed by atoms with Gasteiger partial charge in [0, 0.05) is 56.7 Å². The summed E-state index contributed by atoms with van der Waals surface area (Å²) in [6, 6.07) is 21.9. The van der Waals surface area contributed by atoms with Gasteiger partial charge < -0.3 is 24.8 Å². The molecule has 9 nitrogen and oxygen atoms in total. The molecular formula is C33H36F3N7O2. The second-order valence-corrected chi connectivity index (χ2v) is 11.2. The summed E-state index contributed by atoms with van der Waals surface area (Å²) < 4.78 is 34.0. The minimum atomic E-state index is -5.08. The molecule has 0 atom stereocenters. The predicted molar refractivity (Wildman–Crippen MR) is 166 cm³/mol. The van der Waals surface area contributed by atoms with E-state index in [1.54, 1.807) is 6.20 Å². The molecule has 0 amide bonds. The summed E-state index contributed by atoms with van der Waals surface area (Å²) in [5.74, 6) is -1.89. The average Bonchev–Trinajstić information content (AvgIpc) is 3.73. The quantitative estimate of drug-likeness (QED) is 0.251. The topological polar surface area (TPSA) is 110 Å². The first kappa shape index (κ1) is 31.9. The summed E-state index contributed by atoms with van der Waals surface area (Å²) in [6.45, 7) is 7.06. The van der Waals surface area contributed by atoms with Crippen LogP contribution in [0.1, 0.15) is 36.8 Å². The van der Waals surface area contributed by atoms with Crippen LogP contribution < -0.4 is 10.2 Å². The molecular weight excluding hydrogens is 583 g/mol. The van der Waals surface area contributed by atoms with E-state index < -0.39 is 12.1 Å². The number of imidazole rings is 1. The zero-order valence-corrected chi connectivity index (χ0v) is 24.9. The van der Waals surface area contributed by atoms with E-state index in [9.17, 15) is 18.4 Å². The normalized spacial score (nSPS) is 15.9. The average molecular weight is 620 g/mol. The zero-order chi connectivity index (χ0) is 31.8. The van der Waals surface area contributed by atoms with E-state index in [1.165, 1.54) is 50.0 Å². The van der Waals surface area contributed by atoms with E-state index in [0.29, 0.717) is 5.56 Å². The number of likely N-dealkylation sites (tertiary alicyclic amines) is 1. The van der Waals surface area contributed by atoms with E-state index in [-0.39, 0.29) is 0 Å². The number of nitrogens with one attached hydrogen (secondary N) is 1. The highest BCUT2D eigenvalue weighted by Crippen LogP contribution is 2.33. The van der Waals surface area contributed by atoms with Gasteiger partial charge in [-0.15, -0.1) is 0 Å². The fraction of sp³-hybridized carbons (Fsp3) is 0.394. The smallest absolute Gasteiger partial charge is 0.475 e. The number of hydrogen-bond acceptors (Lipinski definition) is 7. The number of rotatable bonds is 8. The van der Waals surface area contributed by atoms with Crippen molar-refractivity contribution in [1.29, 1.82) is 5.26 Å². The lowest BCUT2D eigenvalue weighted by Crippen LogP contribution is -2.43.